The molecule has 46 valence electrons. The second-order valence-electron chi connectivity index (χ2n) is 1.22. The average molecular weight is 118 g/mol. The summed E-state index contributed by atoms with van der Waals surface area (Å²) < 4.78 is 0. The number of carbonyl (C=O) groups excluding carboxylic acids is 1. The molecule has 1 atom stereocenters. The van der Waals surface area contributed by atoms with Gasteiger partial charge in [-0.1, -0.05) is 0 Å². The third-order valence-electron chi connectivity index (χ3n) is 0.573. The van der Waals surface area contributed by atoms with Gasteiger partial charge >= 0.3 is 5.97 Å². The van der Waals surface area contributed by atoms with Crippen LogP contribution in [-0.4, -0.2) is 23.0 Å². The minimum Gasteiger partial charge on any atom is -0.480 e. The first-order valence-electron chi connectivity index (χ1n) is 1.83. The Morgan fingerprint density at radius 1 is 1.50 bits per heavy atom. The molecule has 0 heterocycles. The van der Waals surface area contributed by atoms with E-state index in [0.29, 0.717) is 0 Å². The van der Waals surface area contributed by atoms with Gasteiger partial charge in [-0.05, 0) is 0 Å². The summed E-state index contributed by atoms with van der Waals surface area (Å²) in [5, 5.41) is 7.93. The molecule has 1 amide bonds. The van der Waals surface area contributed by atoms with E-state index >= 15 is 0 Å². The Morgan fingerprint density at radius 2 is 1.88 bits per heavy atom. The van der Waals surface area contributed by atoms with Crippen LogP contribution in [-0.2, 0) is 9.59 Å². The van der Waals surface area contributed by atoms with Gasteiger partial charge < -0.3 is 16.6 Å². The maximum atomic E-state index is 9.86. The number of carboxylic acids is 1. The van der Waals surface area contributed by atoms with Crippen LogP contribution in [0.15, 0.2) is 0 Å². The van der Waals surface area contributed by atoms with Gasteiger partial charge in [0.25, 0.3) is 0 Å². The molecule has 0 saturated heterocycles. The van der Waals surface area contributed by atoms with Crippen LogP contribution in [0.5, 0.6) is 0 Å². The standard InChI is InChI=1S/C3H6N2O3/c4-1(2(5)6)3(7)8/h1H,4H2,(H2,5,6)(H,7,8). The topological polar surface area (TPSA) is 106 Å². The number of nitrogens with two attached hydrogens (primary N) is 2. The Morgan fingerprint density at radius 3 is 1.88 bits per heavy atom. The van der Waals surface area contributed by atoms with Gasteiger partial charge in [0.2, 0.25) is 5.91 Å². The molecule has 0 aromatic carbocycles. The molecular formula is C3H6N2O3. The maximum Gasteiger partial charge on any atom is 0.330 e. The number of rotatable bonds is 2. The van der Waals surface area contributed by atoms with Gasteiger partial charge in [-0.25, -0.2) is 4.79 Å². The molecule has 1 unspecified atom stereocenters. The predicted molar refractivity (Wildman–Crippen MR) is 24.8 cm³/mol. The predicted octanol–water partition coefficient (Wildman–Crippen LogP) is -2.12. The molecule has 0 aliphatic rings. The molecule has 0 spiro atoms. The van der Waals surface area contributed by atoms with Crippen molar-refractivity contribution in [2.24, 2.45) is 11.5 Å². The van der Waals surface area contributed by atoms with Crippen molar-refractivity contribution in [2.75, 3.05) is 0 Å². The highest BCUT2D eigenvalue weighted by Crippen LogP contribution is 1.72. The summed E-state index contributed by atoms with van der Waals surface area (Å²) in [6.07, 6.45) is 0. The van der Waals surface area contributed by atoms with Crippen molar-refractivity contribution in [3.05, 3.63) is 0 Å². The Bertz CT molecular complexity index is 108. The monoisotopic (exact) mass is 118 g/mol. The molecule has 5 nitrogen and oxygen atoms in total. The van der Waals surface area contributed by atoms with E-state index in [2.05, 4.69) is 11.5 Å². The number of aliphatic carboxylic acids is 1. The van der Waals surface area contributed by atoms with Crippen molar-refractivity contribution in [3.8, 4) is 0 Å². The SMILES string of the molecule is NC(=O)C(N)C(=O)O. The van der Waals surface area contributed by atoms with Crippen molar-refractivity contribution in [2.45, 2.75) is 6.04 Å². The summed E-state index contributed by atoms with van der Waals surface area (Å²) in [7, 11) is 0. The number of carbonyl (C=O) groups is 2. The fourth-order valence-electron chi connectivity index (χ4n) is 0.122. The summed E-state index contributed by atoms with van der Waals surface area (Å²) in [5.74, 6) is -2.44. The van der Waals surface area contributed by atoms with Crippen molar-refractivity contribution < 1.29 is 14.7 Å². The quantitative estimate of drug-likeness (QED) is 0.360. The van der Waals surface area contributed by atoms with Gasteiger partial charge in [0, 0.05) is 0 Å². The summed E-state index contributed by atoms with van der Waals surface area (Å²) in [4.78, 5) is 19.6. The van der Waals surface area contributed by atoms with Crippen molar-refractivity contribution in [1.29, 1.82) is 0 Å². The normalized spacial score (nSPS) is 12.6. The van der Waals surface area contributed by atoms with Crippen LogP contribution < -0.4 is 11.5 Å². The Labute approximate surface area is 45.3 Å². The van der Waals surface area contributed by atoms with E-state index in [0.717, 1.165) is 0 Å². The lowest BCUT2D eigenvalue weighted by molar-refractivity contribution is -0.141. The highest BCUT2D eigenvalue weighted by Gasteiger charge is 2.16. The number of hydrogen-bond donors (Lipinski definition) is 3. The zero-order valence-corrected chi connectivity index (χ0v) is 4.00. The smallest absolute Gasteiger partial charge is 0.330 e. The van der Waals surface area contributed by atoms with E-state index < -0.39 is 17.9 Å². The Kier molecular flexibility index (Phi) is 1.96. The van der Waals surface area contributed by atoms with Crippen LogP contribution in [0.3, 0.4) is 0 Å². The van der Waals surface area contributed by atoms with E-state index in [9.17, 15) is 9.59 Å². The van der Waals surface area contributed by atoms with E-state index in [1.165, 1.54) is 0 Å². The van der Waals surface area contributed by atoms with Gasteiger partial charge in [0.1, 0.15) is 0 Å². The van der Waals surface area contributed by atoms with Gasteiger partial charge in [0.15, 0.2) is 6.04 Å². The van der Waals surface area contributed by atoms with Crippen molar-refractivity contribution >= 4 is 11.9 Å². The van der Waals surface area contributed by atoms with E-state index in [4.69, 9.17) is 5.11 Å². The first-order chi connectivity index (χ1) is 3.55. The third kappa shape index (κ3) is 1.57. The minimum absolute atomic E-state index is 1.03. The van der Waals surface area contributed by atoms with Gasteiger partial charge in [-0.3, -0.25) is 4.79 Å². The van der Waals surface area contributed by atoms with Crippen LogP contribution in [0.2, 0.25) is 0 Å². The van der Waals surface area contributed by atoms with Gasteiger partial charge in [0.05, 0.1) is 0 Å². The fraction of sp³-hybridized carbons (Fsp3) is 0.333. The molecule has 5 heteroatoms. The number of hydrogen-bond acceptors (Lipinski definition) is 3. The Balaban J connectivity index is 3.83. The molecule has 0 rings (SSSR count). The molecule has 0 saturated carbocycles. The summed E-state index contributed by atoms with van der Waals surface area (Å²) in [6, 6.07) is -1.57. The first-order valence-corrected chi connectivity index (χ1v) is 1.83. The molecule has 0 fully saturated rings. The van der Waals surface area contributed by atoms with Crippen LogP contribution in [0.4, 0.5) is 0 Å². The molecule has 0 aliphatic heterocycles. The minimum atomic E-state index is -1.57. The summed E-state index contributed by atoms with van der Waals surface area (Å²) in [5.41, 5.74) is 9.18. The number of amides is 1. The zero-order valence-electron chi connectivity index (χ0n) is 4.00. The van der Waals surface area contributed by atoms with E-state index in [1.54, 1.807) is 0 Å². The summed E-state index contributed by atoms with van der Waals surface area (Å²) >= 11 is 0. The lowest BCUT2D eigenvalue weighted by Crippen LogP contribution is -2.42. The molecule has 0 aromatic rings. The number of carboxylic acid groups (broad SMARTS) is 1. The Hall–Kier alpha value is -1.10. The van der Waals surface area contributed by atoms with Gasteiger partial charge in [-0.2, -0.15) is 0 Å². The van der Waals surface area contributed by atoms with E-state index in [1.807, 2.05) is 0 Å². The molecule has 0 aliphatic carbocycles. The fourth-order valence-corrected chi connectivity index (χ4v) is 0.122. The first kappa shape index (κ1) is 6.90. The van der Waals surface area contributed by atoms with E-state index in [-0.39, 0.29) is 0 Å². The highest BCUT2D eigenvalue weighted by atomic mass is 16.4. The lowest BCUT2D eigenvalue weighted by atomic mass is 10.3. The number of primary amides is 1. The maximum absolute atomic E-state index is 9.86. The van der Waals surface area contributed by atoms with Crippen molar-refractivity contribution in [1.82, 2.24) is 0 Å². The van der Waals surface area contributed by atoms with Crippen LogP contribution >= 0.6 is 0 Å². The second kappa shape index (κ2) is 2.27. The van der Waals surface area contributed by atoms with Crippen molar-refractivity contribution in [3.63, 3.8) is 0 Å². The molecular weight excluding hydrogens is 112 g/mol. The zero-order chi connectivity index (χ0) is 6.73. The van der Waals surface area contributed by atoms with Crippen LogP contribution in [0.25, 0.3) is 0 Å². The molecule has 0 bridgehead atoms. The molecule has 0 aromatic heterocycles. The van der Waals surface area contributed by atoms with Gasteiger partial charge in [-0.15, -0.1) is 0 Å². The highest BCUT2D eigenvalue weighted by molar-refractivity contribution is 5.99. The molecule has 0 radical (unpaired) electrons. The third-order valence-corrected chi connectivity index (χ3v) is 0.573. The van der Waals surface area contributed by atoms with Crippen LogP contribution in [0, 0.1) is 0 Å². The molecule has 5 N–H and O–H groups in total. The average Bonchev–Trinajstić information content (AvgIpc) is 1.64. The lowest BCUT2D eigenvalue weighted by Gasteiger charge is -1.96. The largest absolute Gasteiger partial charge is 0.480 e. The second-order valence-corrected chi connectivity index (χ2v) is 1.22. The molecule has 8 heavy (non-hydrogen) atoms. The van der Waals surface area contributed by atoms with Crippen LogP contribution in [0.1, 0.15) is 0 Å². The summed E-state index contributed by atoms with van der Waals surface area (Å²) in [6.45, 7) is 0.